The van der Waals surface area contributed by atoms with Crippen LogP contribution in [0.5, 0.6) is 0 Å². The van der Waals surface area contributed by atoms with E-state index in [1.807, 2.05) is 0 Å². The molecule has 0 radical (unpaired) electrons. The molecule has 58 heavy (non-hydrogen) atoms. The second-order valence-corrected chi connectivity index (χ2v) is 19.3. The van der Waals surface area contributed by atoms with Crippen LogP contribution in [0.2, 0.25) is 0 Å². The molecule has 0 N–H and O–H groups in total. The highest BCUT2D eigenvalue weighted by atomic mass is 16.6. The molecule has 0 amide bonds. The molecule has 12 nitrogen and oxygen atoms in total. The lowest BCUT2D eigenvalue weighted by Crippen LogP contribution is -2.74. The smallest absolute Gasteiger partial charge is 0.333 e. The molecule has 2 unspecified atom stereocenters. The highest BCUT2D eigenvalue weighted by Crippen LogP contribution is 2.70. The molecule has 0 aromatic heterocycles. The van der Waals surface area contributed by atoms with Gasteiger partial charge in [-0.15, -0.1) is 0 Å². The van der Waals surface area contributed by atoms with Gasteiger partial charge in [0.1, 0.15) is 28.8 Å². The Balaban J connectivity index is 1.34. The van der Waals surface area contributed by atoms with Gasteiger partial charge in [-0.3, -0.25) is 19.2 Å². The number of rotatable bonds is 14. The summed E-state index contributed by atoms with van der Waals surface area (Å²) in [6.45, 7) is 18.0. The number of ketones is 4. The van der Waals surface area contributed by atoms with Crippen molar-refractivity contribution in [3.63, 3.8) is 0 Å². The minimum absolute atomic E-state index is 0.0143. The Morgan fingerprint density at radius 3 is 1.78 bits per heavy atom. The molecule has 8 rings (SSSR count). The molecule has 1 saturated carbocycles. The fourth-order valence-corrected chi connectivity index (χ4v) is 10.2. The predicted octanol–water partition coefficient (Wildman–Crippen LogP) is 6.66. The van der Waals surface area contributed by atoms with Crippen LogP contribution in [-0.2, 0) is 57.2 Å². The summed E-state index contributed by atoms with van der Waals surface area (Å²) in [5, 5.41) is 0. The third kappa shape index (κ3) is 6.69. The Morgan fingerprint density at radius 2 is 1.22 bits per heavy atom. The molecular formula is C46H60O12. The molecule has 5 aliphatic heterocycles. The van der Waals surface area contributed by atoms with Crippen LogP contribution >= 0.6 is 0 Å². The second-order valence-electron chi connectivity index (χ2n) is 19.3. The van der Waals surface area contributed by atoms with Gasteiger partial charge in [-0.05, 0) is 74.7 Å². The molecule has 1 spiro atoms. The molecule has 4 fully saturated rings. The number of esters is 2. The average Bonchev–Trinajstić information content (AvgIpc) is 4.07. The van der Waals surface area contributed by atoms with Gasteiger partial charge < -0.3 is 28.4 Å². The third-order valence-corrected chi connectivity index (χ3v) is 13.0. The Kier molecular flexibility index (Phi) is 10.8. The average molecular weight is 805 g/mol. The topological polar surface area (TPSA) is 164 Å². The van der Waals surface area contributed by atoms with Crippen molar-refractivity contribution in [1.82, 2.24) is 0 Å². The summed E-state index contributed by atoms with van der Waals surface area (Å²) in [7, 11) is 0. The molecule has 8 aliphatic rings. The number of Topliss-reactive ketones (excluding diaryl/α,β-unsaturated/α-hetero) is 4. The maximum atomic E-state index is 15.7. The van der Waals surface area contributed by atoms with Crippen LogP contribution < -0.4 is 0 Å². The summed E-state index contributed by atoms with van der Waals surface area (Å²) in [6.07, 6.45) is 6.28. The van der Waals surface area contributed by atoms with Gasteiger partial charge in [0.25, 0.3) is 0 Å². The maximum absolute atomic E-state index is 15.7. The summed E-state index contributed by atoms with van der Waals surface area (Å²) in [5.41, 5.74) is -5.19. The Bertz CT molecular complexity index is 1940. The van der Waals surface area contributed by atoms with E-state index in [0.717, 1.165) is 38.5 Å². The van der Waals surface area contributed by atoms with Gasteiger partial charge in [-0.2, -0.15) is 0 Å². The van der Waals surface area contributed by atoms with Gasteiger partial charge in [0.2, 0.25) is 0 Å². The van der Waals surface area contributed by atoms with Crippen molar-refractivity contribution in [2.45, 2.75) is 186 Å². The van der Waals surface area contributed by atoms with Crippen LogP contribution in [0.15, 0.2) is 46.3 Å². The van der Waals surface area contributed by atoms with E-state index in [9.17, 15) is 19.2 Å². The zero-order chi connectivity index (χ0) is 42.3. The lowest BCUT2D eigenvalue weighted by Gasteiger charge is -2.63. The molecule has 0 aromatic carbocycles. The minimum atomic E-state index is -1.68. The zero-order valence-electron chi connectivity index (χ0n) is 35.7. The normalized spacial score (nSPS) is 36.2. The molecule has 0 aromatic rings. The largest absolute Gasteiger partial charge is 0.497 e. The second kappa shape index (κ2) is 14.8. The van der Waals surface area contributed by atoms with Gasteiger partial charge in [0.05, 0.1) is 12.4 Å². The van der Waals surface area contributed by atoms with Crippen LogP contribution in [0.4, 0.5) is 0 Å². The molecule has 2 bridgehead atoms. The molecule has 3 saturated heterocycles. The van der Waals surface area contributed by atoms with E-state index in [2.05, 4.69) is 13.8 Å². The summed E-state index contributed by atoms with van der Waals surface area (Å²) < 4.78 is 36.8. The van der Waals surface area contributed by atoms with Gasteiger partial charge in [0, 0.05) is 52.5 Å². The first-order valence-electron chi connectivity index (χ1n) is 21.3. The molecular weight excluding hydrogens is 744 g/mol. The summed E-state index contributed by atoms with van der Waals surface area (Å²) in [4.78, 5) is 86.1. The van der Waals surface area contributed by atoms with E-state index in [1.165, 1.54) is 6.26 Å². The fourth-order valence-electron chi connectivity index (χ4n) is 10.2. The van der Waals surface area contributed by atoms with Crippen LogP contribution in [0.1, 0.15) is 133 Å². The summed E-state index contributed by atoms with van der Waals surface area (Å²) in [6, 6.07) is 0. The number of unbranched alkanes of at least 4 members (excludes halogenated alkanes) is 4. The molecule has 316 valence electrons. The van der Waals surface area contributed by atoms with Gasteiger partial charge >= 0.3 is 11.9 Å². The molecule has 10 atom stereocenters. The van der Waals surface area contributed by atoms with Crippen molar-refractivity contribution >= 4 is 35.1 Å². The first-order chi connectivity index (χ1) is 27.2. The lowest BCUT2D eigenvalue weighted by atomic mass is 9.43. The number of hydrogen-bond donors (Lipinski definition) is 0. The highest BCUT2D eigenvalue weighted by molar-refractivity contribution is 6.25. The predicted molar refractivity (Wildman–Crippen MR) is 210 cm³/mol. The van der Waals surface area contributed by atoms with E-state index in [0.29, 0.717) is 24.0 Å². The van der Waals surface area contributed by atoms with Crippen LogP contribution in [0.3, 0.4) is 0 Å². The fraction of sp³-hybridized carbons (Fsp3) is 0.696. The van der Waals surface area contributed by atoms with Crippen molar-refractivity contribution in [3.05, 3.63) is 46.3 Å². The SMILES string of the molecule is CCCCCC1O[C@H]2C3=C(C(=O)[C@]4(C/C=C(\C)C(=O)OC(C)(C)C)O[C@@H]4C3=O)[C@@H]1C1[C@H](CCCCC)OC=C3C(=O)[C@H]4O[C@@]4(C/C=C(\C)C(=O)OC(C)(C)C)C(=O)[C@@]312. The number of carbonyl (C=O) groups excluding carboxylic acids is 6. The third-order valence-electron chi connectivity index (χ3n) is 13.0. The van der Waals surface area contributed by atoms with Gasteiger partial charge in [-0.1, -0.05) is 58.1 Å². The number of hydrogen-bond acceptors (Lipinski definition) is 12. The van der Waals surface area contributed by atoms with E-state index >= 15 is 9.59 Å². The van der Waals surface area contributed by atoms with Crippen molar-refractivity contribution in [3.8, 4) is 0 Å². The zero-order valence-corrected chi connectivity index (χ0v) is 35.7. The van der Waals surface area contributed by atoms with Crippen LogP contribution in [-0.4, -0.2) is 88.0 Å². The van der Waals surface area contributed by atoms with Crippen molar-refractivity contribution in [2.24, 2.45) is 17.3 Å². The Morgan fingerprint density at radius 1 is 0.707 bits per heavy atom. The molecule has 3 aliphatic carbocycles. The quantitative estimate of drug-likeness (QED) is 0.0795. The Hall–Kier alpha value is -3.74. The van der Waals surface area contributed by atoms with E-state index in [1.54, 1.807) is 67.5 Å². The van der Waals surface area contributed by atoms with Gasteiger partial charge in [-0.25, -0.2) is 9.59 Å². The van der Waals surface area contributed by atoms with Gasteiger partial charge in [0.15, 0.2) is 46.5 Å². The van der Waals surface area contributed by atoms with Crippen molar-refractivity contribution in [1.29, 1.82) is 0 Å². The standard InChI is InChI=1S/C46H60O12/c1-11-13-15-17-27-29-30-31(34(48)38-44(55-38,35(30)49)21-19-24(3)39(50)57-42(5,6)7)36(54-27)46-26(23-53-28(32(29)46)18-16-14-12-2)33(47)37-45(56-37,41(46)52)22-20-25(4)40(51)58-43(8,9)10/h19-20,23,27-29,32,36-38H,11-18,21-22H2,1-10H3/b24-19+,25-20+/t27?,28-,29+,32?,36-,37+,38+,44-,45+,46-/m0/s1. The summed E-state index contributed by atoms with van der Waals surface area (Å²) >= 11 is 0. The number of epoxide rings is 2. The first-order valence-corrected chi connectivity index (χ1v) is 21.3. The maximum Gasteiger partial charge on any atom is 0.333 e. The molecule has 5 heterocycles. The number of ether oxygens (including phenoxy) is 6. The number of carbonyl (C=O) groups is 6. The monoisotopic (exact) mass is 804 g/mol. The number of fused-ring (bicyclic) bond motifs is 3. The molecule has 12 heteroatoms. The lowest BCUT2D eigenvalue weighted by molar-refractivity contribution is -0.213. The van der Waals surface area contributed by atoms with E-state index in [-0.39, 0.29) is 35.3 Å². The van der Waals surface area contributed by atoms with E-state index in [4.69, 9.17) is 28.4 Å². The first kappa shape index (κ1) is 42.4. The minimum Gasteiger partial charge on any atom is -0.497 e. The van der Waals surface area contributed by atoms with Crippen LogP contribution in [0.25, 0.3) is 0 Å². The summed E-state index contributed by atoms with van der Waals surface area (Å²) in [5.74, 6) is -4.19. The Labute approximate surface area is 341 Å². The van der Waals surface area contributed by atoms with Crippen LogP contribution in [0, 0.1) is 17.3 Å². The van der Waals surface area contributed by atoms with Crippen molar-refractivity contribution < 1.29 is 57.2 Å². The van der Waals surface area contributed by atoms with Crippen molar-refractivity contribution in [2.75, 3.05) is 0 Å². The van der Waals surface area contributed by atoms with E-state index < -0.39 is 99.5 Å². The highest BCUT2D eigenvalue weighted by Gasteiger charge is 2.85.